The molecule has 0 radical (unpaired) electrons. The molecule has 140 valence electrons. The number of hydrogen-bond acceptors (Lipinski definition) is 5. The molecule has 0 atom stereocenters. The Hall–Kier alpha value is -2.09. The van der Waals surface area contributed by atoms with Crippen LogP contribution in [0.1, 0.15) is 55.8 Å². The number of urea groups is 1. The Morgan fingerprint density at radius 1 is 1.27 bits per heavy atom. The Bertz CT molecular complexity index is 758. The molecule has 2 aliphatic rings. The molecular weight excluding hydrogens is 348 g/mol. The SMILES string of the molecule is Cc1cnn(C2CCCC2)c1NC(=O)NCc1csc(N2CCCC2)n1. The summed E-state index contributed by atoms with van der Waals surface area (Å²) in [5.41, 5.74) is 1.91. The second-order valence-electron chi connectivity index (χ2n) is 7.18. The predicted octanol–water partition coefficient (Wildman–Crippen LogP) is 3.69. The van der Waals surface area contributed by atoms with E-state index in [1.807, 2.05) is 23.2 Å². The number of anilines is 2. The summed E-state index contributed by atoms with van der Waals surface area (Å²) in [7, 11) is 0. The van der Waals surface area contributed by atoms with Crippen LogP contribution in [0, 0.1) is 6.92 Å². The highest BCUT2D eigenvalue weighted by molar-refractivity contribution is 7.13. The van der Waals surface area contributed by atoms with Crippen LogP contribution in [0.5, 0.6) is 0 Å². The highest BCUT2D eigenvalue weighted by Gasteiger charge is 2.22. The Morgan fingerprint density at radius 3 is 2.81 bits per heavy atom. The summed E-state index contributed by atoms with van der Waals surface area (Å²) in [5.74, 6) is 0.811. The lowest BCUT2D eigenvalue weighted by Gasteiger charge is -2.15. The Morgan fingerprint density at radius 2 is 2.04 bits per heavy atom. The summed E-state index contributed by atoms with van der Waals surface area (Å²) < 4.78 is 1.98. The Balaban J connectivity index is 1.34. The van der Waals surface area contributed by atoms with E-state index in [-0.39, 0.29) is 6.03 Å². The number of carbonyl (C=O) groups excluding carboxylic acids is 1. The van der Waals surface area contributed by atoms with E-state index >= 15 is 0 Å². The molecule has 2 N–H and O–H groups in total. The highest BCUT2D eigenvalue weighted by atomic mass is 32.1. The van der Waals surface area contributed by atoms with Crippen molar-refractivity contribution in [1.82, 2.24) is 20.1 Å². The van der Waals surface area contributed by atoms with Gasteiger partial charge in [-0.25, -0.2) is 14.5 Å². The summed E-state index contributed by atoms with van der Waals surface area (Å²) in [6, 6.07) is 0.198. The monoisotopic (exact) mass is 374 g/mol. The minimum absolute atomic E-state index is 0.205. The Kier molecular flexibility index (Phi) is 5.10. The predicted molar refractivity (Wildman–Crippen MR) is 104 cm³/mol. The average molecular weight is 375 g/mol. The zero-order chi connectivity index (χ0) is 17.9. The summed E-state index contributed by atoms with van der Waals surface area (Å²) in [5, 5.41) is 13.5. The van der Waals surface area contributed by atoms with Crippen LogP contribution in [0.2, 0.25) is 0 Å². The number of rotatable bonds is 5. The third kappa shape index (κ3) is 3.70. The molecule has 2 fully saturated rings. The minimum Gasteiger partial charge on any atom is -0.348 e. The number of hydrogen-bond donors (Lipinski definition) is 2. The molecule has 2 aromatic rings. The van der Waals surface area contributed by atoms with Gasteiger partial charge in [0.15, 0.2) is 5.13 Å². The molecule has 2 aromatic heterocycles. The van der Waals surface area contributed by atoms with Gasteiger partial charge in [-0.1, -0.05) is 12.8 Å². The van der Waals surface area contributed by atoms with E-state index in [1.165, 1.54) is 25.7 Å². The molecule has 4 rings (SSSR count). The van der Waals surface area contributed by atoms with Gasteiger partial charge in [-0.15, -0.1) is 11.3 Å². The standard InChI is InChI=1S/C18H26N6OS/c1-13-10-20-24(15-6-2-3-7-15)16(13)22-17(25)19-11-14-12-26-18(21-14)23-8-4-5-9-23/h10,12,15H,2-9,11H2,1H3,(H2,19,22,25). The van der Waals surface area contributed by atoms with E-state index in [0.29, 0.717) is 12.6 Å². The van der Waals surface area contributed by atoms with Crippen molar-refractivity contribution in [1.29, 1.82) is 0 Å². The molecule has 1 aliphatic heterocycles. The largest absolute Gasteiger partial charge is 0.348 e. The minimum atomic E-state index is -0.205. The first-order chi connectivity index (χ1) is 12.7. The van der Waals surface area contributed by atoms with Gasteiger partial charge < -0.3 is 10.2 Å². The second kappa shape index (κ2) is 7.65. The van der Waals surface area contributed by atoms with Gasteiger partial charge in [-0.3, -0.25) is 5.32 Å². The lowest BCUT2D eigenvalue weighted by Crippen LogP contribution is -2.30. The van der Waals surface area contributed by atoms with Gasteiger partial charge in [0, 0.05) is 24.0 Å². The van der Waals surface area contributed by atoms with Gasteiger partial charge in [0.25, 0.3) is 0 Å². The molecule has 8 heteroatoms. The van der Waals surface area contributed by atoms with Crippen molar-refractivity contribution in [3.8, 4) is 0 Å². The van der Waals surface area contributed by atoms with E-state index in [9.17, 15) is 4.79 Å². The van der Waals surface area contributed by atoms with Crippen LogP contribution in [0.3, 0.4) is 0 Å². The second-order valence-corrected chi connectivity index (χ2v) is 8.02. The topological polar surface area (TPSA) is 75.1 Å². The van der Waals surface area contributed by atoms with Crippen LogP contribution in [-0.2, 0) is 6.54 Å². The molecule has 0 unspecified atom stereocenters. The van der Waals surface area contributed by atoms with E-state index in [2.05, 4.69) is 25.6 Å². The summed E-state index contributed by atoms with van der Waals surface area (Å²) in [4.78, 5) is 19.3. The molecule has 26 heavy (non-hydrogen) atoms. The van der Waals surface area contributed by atoms with Crippen LogP contribution in [0.15, 0.2) is 11.6 Å². The van der Waals surface area contributed by atoms with Crippen molar-refractivity contribution in [3.05, 3.63) is 22.8 Å². The van der Waals surface area contributed by atoms with Crippen LogP contribution in [-0.4, -0.2) is 33.9 Å². The first kappa shape index (κ1) is 17.3. The molecular formula is C18H26N6OS. The van der Waals surface area contributed by atoms with Crippen molar-refractivity contribution in [2.24, 2.45) is 0 Å². The lowest BCUT2D eigenvalue weighted by atomic mass is 10.2. The lowest BCUT2D eigenvalue weighted by molar-refractivity contribution is 0.251. The van der Waals surface area contributed by atoms with Gasteiger partial charge in [0.1, 0.15) is 5.82 Å². The van der Waals surface area contributed by atoms with Gasteiger partial charge in [0.2, 0.25) is 0 Å². The summed E-state index contributed by atoms with van der Waals surface area (Å²) in [6.07, 6.45) is 9.05. The van der Waals surface area contributed by atoms with Crippen molar-refractivity contribution >= 4 is 28.3 Å². The molecule has 3 heterocycles. The zero-order valence-electron chi connectivity index (χ0n) is 15.2. The zero-order valence-corrected chi connectivity index (χ0v) is 16.0. The van der Waals surface area contributed by atoms with Crippen molar-refractivity contribution < 1.29 is 4.79 Å². The molecule has 1 saturated carbocycles. The number of aryl methyl sites for hydroxylation is 1. The molecule has 2 amide bonds. The Labute approximate surface area is 157 Å². The van der Waals surface area contributed by atoms with Crippen LogP contribution in [0.25, 0.3) is 0 Å². The van der Waals surface area contributed by atoms with Gasteiger partial charge in [0.05, 0.1) is 24.5 Å². The first-order valence-electron chi connectivity index (χ1n) is 9.49. The van der Waals surface area contributed by atoms with E-state index in [0.717, 1.165) is 48.1 Å². The average Bonchev–Trinajstić information content (AvgIpc) is 3.41. The quantitative estimate of drug-likeness (QED) is 0.837. The van der Waals surface area contributed by atoms with E-state index in [1.54, 1.807) is 11.3 Å². The van der Waals surface area contributed by atoms with Crippen molar-refractivity contribution in [2.75, 3.05) is 23.3 Å². The number of thiazole rings is 1. The summed E-state index contributed by atoms with van der Waals surface area (Å²) in [6.45, 7) is 4.60. The highest BCUT2D eigenvalue weighted by Crippen LogP contribution is 2.32. The fourth-order valence-electron chi connectivity index (χ4n) is 3.78. The maximum atomic E-state index is 12.4. The molecule has 1 aliphatic carbocycles. The van der Waals surface area contributed by atoms with Crippen molar-refractivity contribution in [3.63, 3.8) is 0 Å². The smallest absolute Gasteiger partial charge is 0.320 e. The fourth-order valence-corrected chi connectivity index (χ4v) is 4.66. The number of carbonyl (C=O) groups is 1. The molecule has 1 saturated heterocycles. The molecule has 0 aromatic carbocycles. The number of nitrogens with one attached hydrogen (secondary N) is 2. The van der Waals surface area contributed by atoms with Crippen LogP contribution < -0.4 is 15.5 Å². The van der Waals surface area contributed by atoms with Crippen molar-refractivity contribution in [2.45, 2.75) is 58.0 Å². The number of nitrogens with zero attached hydrogens (tertiary/aromatic N) is 4. The van der Waals surface area contributed by atoms with E-state index in [4.69, 9.17) is 0 Å². The van der Waals surface area contributed by atoms with Gasteiger partial charge in [-0.2, -0.15) is 5.10 Å². The number of amides is 2. The molecule has 0 spiro atoms. The van der Waals surface area contributed by atoms with E-state index < -0.39 is 0 Å². The fraction of sp³-hybridized carbons (Fsp3) is 0.611. The molecule has 0 bridgehead atoms. The molecule has 7 nitrogen and oxygen atoms in total. The maximum Gasteiger partial charge on any atom is 0.320 e. The van der Waals surface area contributed by atoms with Crippen LogP contribution in [0.4, 0.5) is 15.7 Å². The first-order valence-corrected chi connectivity index (χ1v) is 10.4. The van der Waals surface area contributed by atoms with Gasteiger partial charge in [-0.05, 0) is 32.6 Å². The van der Waals surface area contributed by atoms with Gasteiger partial charge >= 0.3 is 6.03 Å². The number of aromatic nitrogens is 3. The normalized spacial score (nSPS) is 17.8. The van der Waals surface area contributed by atoms with Crippen LogP contribution >= 0.6 is 11.3 Å². The third-order valence-electron chi connectivity index (χ3n) is 5.23. The third-order valence-corrected chi connectivity index (χ3v) is 6.18. The summed E-state index contributed by atoms with van der Waals surface area (Å²) >= 11 is 1.65. The maximum absolute atomic E-state index is 12.4.